The number of methoxy groups -OCH3 is 1. The average Bonchev–Trinajstić information content (AvgIpc) is 3.14. The van der Waals surface area contributed by atoms with Gasteiger partial charge in [-0.05, 0) is 36.0 Å². The molecule has 0 saturated carbocycles. The summed E-state index contributed by atoms with van der Waals surface area (Å²) < 4.78 is 4.97. The Kier molecular flexibility index (Phi) is 5.36. The summed E-state index contributed by atoms with van der Waals surface area (Å²) in [4.78, 5) is 32.9. The SMILES string of the molecule is CNC(=O)c1cncc(-c2cc(C)ncc2C(=O)Nc2nnc(OC)s2)c1. The van der Waals surface area contributed by atoms with Crippen LogP contribution in [0.3, 0.4) is 0 Å². The van der Waals surface area contributed by atoms with Crippen LogP contribution in [0.15, 0.2) is 30.7 Å². The number of pyridine rings is 2. The number of rotatable bonds is 5. The average molecular weight is 384 g/mol. The highest BCUT2D eigenvalue weighted by Gasteiger charge is 2.17. The predicted octanol–water partition coefficient (Wildman–Crippen LogP) is 1.92. The Hall–Kier alpha value is -3.40. The molecule has 0 unspecified atom stereocenters. The number of amides is 2. The van der Waals surface area contributed by atoms with Crippen LogP contribution in [0.4, 0.5) is 5.13 Å². The Bertz CT molecular complexity index is 1000. The quantitative estimate of drug-likeness (QED) is 0.690. The number of carbonyl (C=O) groups excluding carboxylic acids is 2. The van der Waals surface area contributed by atoms with E-state index in [0.717, 1.165) is 17.0 Å². The first kappa shape index (κ1) is 18.4. The zero-order valence-corrected chi connectivity index (χ0v) is 15.6. The molecule has 3 heterocycles. The molecule has 10 heteroatoms. The molecule has 0 aliphatic rings. The van der Waals surface area contributed by atoms with Crippen molar-refractivity contribution in [1.82, 2.24) is 25.5 Å². The second-order valence-corrected chi connectivity index (χ2v) is 6.38. The molecule has 0 radical (unpaired) electrons. The molecule has 2 N–H and O–H groups in total. The lowest BCUT2D eigenvalue weighted by Crippen LogP contribution is -2.18. The molecule has 0 bridgehead atoms. The van der Waals surface area contributed by atoms with Gasteiger partial charge in [0.25, 0.3) is 17.0 Å². The van der Waals surface area contributed by atoms with E-state index >= 15 is 0 Å². The largest absolute Gasteiger partial charge is 0.472 e. The summed E-state index contributed by atoms with van der Waals surface area (Å²) in [5, 5.41) is 13.5. The molecule has 0 fully saturated rings. The van der Waals surface area contributed by atoms with Gasteiger partial charge in [-0.1, -0.05) is 5.10 Å². The Morgan fingerprint density at radius 2 is 1.93 bits per heavy atom. The van der Waals surface area contributed by atoms with Crippen LogP contribution in [0.2, 0.25) is 0 Å². The summed E-state index contributed by atoms with van der Waals surface area (Å²) in [6.07, 6.45) is 4.53. The highest BCUT2D eigenvalue weighted by Crippen LogP contribution is 2.27. The van der Waals surface area contributed by atoms with Crippen molar-refractivity contribution in [3.8, 4) is 16.3 Å². The summed E-state index contributed by atoms with van der Waals surface area (Å²) in [7, 11) is 3.02. The van der Waals surface area contributed by atoms with Gasteiger partial charge in [0.2, 0.25) is 5.13 Å². The van der Waals surface area contributed by atoms with Crippen molar-refractivity contribution in [3.63, 3.8) is 0 Å². The van der Waals surface area contributed by atoms with Gasteiger partial charge >= 0.3 is 0 Å². The molecule has 27 heavy (non-hydrogen) atoms. The third-order valence-electron chi connectivity index (χ3n) is 3.63. The predicted molar refractivity (Wildman–Crippen MR) is 100 cm³/mol. The molecule has 0 spiro atoms. The zero-order valence-electron chi connectivity index (χ0n) is 14.8. The number of ether oxygens (including phenoxy) is 1. The van der Waals surface area contributed by atoms with E-state index in [2.05, 4.69) is 30.8 Å². The van der Waals surface area contributed by atoms with Crippen LogP contribution in [0.1, 0.15) is 26.4 Å². The maximum absolute atomic E-state index is 12.7. The lowest BCUT2D eigenvalue weighted by atomic mass is 10.0. The number of aryl methyl sites for hydroxylation is 1. The van der Waals surface area contributed by atoms with Crippen molar-refractivity contribution in [2.45, 2.75) is 6.92 Å². The first-order chi connectivity index (χ1) is 13.0. The number of nitrogens with one attached hydrogen (secondary N) is 2. The van der Waals surface area contributed by atoms with Gasteiger partial charge in [0.15, 0.2) is 0 Å². The molecule has 3 aromatic heterocycles. The first-order valence-corrected chi connectivity index (χ1v) is 8.66. The van der Waals surface area contributed by atoms with Crippen molar-refractivity contribution < 1.29 is 14.3 Å². The van der Waals surface area contributed by atoms with Crippen LogP contribution < -0.4 is 15.4 Å². The maximum atomic E-state index is 12.7. The molecular weight excluding hydrogens is 368 g/mol. The Morgan fingerprint density at radius 3 is 2.63 bits per heavy atom. The number of hydrogen-bond donors (Lipinski definition) is 2. The van der Waals surface area contributed by atoms with Gasteiger partial charge in [-0.15, -0.1) is 5.10 Å². The second kappa shape index (κ2) is 7.87. The van der Waals surface area contributed by atoms with Crippen LogP contribution in [0.5, 0.6) is 5.19 Å². The van der Waals surface area contributed by atoms with E-state index in [1.54, 1.807) is 25.4 Å². The summed E-state index contributed by atoms with van der Waals surface area (Å²) >= 11 is 1.11. The Balaban J connectivity index is 1.98. The molecule has 0 aliphatic carbocycles. The van der Waals surface area contributed by atoms with Crippen LogP contribution in [-0.2, 0) is 0 Å². The number of hydrogen-bond acceptors (Lipinski definition) is 8. The van der Waals surface area contributed by atoms with Gasteiger partial charge in [-0.25, -0.2) is 0 Å². The molecule has 138 valence electrons. The van der Waals surface area contributed by atoms with E-state index in [1.807, 2.05) is 6.92 Å². The molecule has 0 aromatic carbocycles. The molecule has 9 nitrogen and oxygen atoms in total. The molecule has 3 aromatic rings. The van der Waals surface area contributed by atoms with Gasteiger partial charge in [-0.3, -0.25) is 24.9 Å². The fraction of sp³-hybridized carbons (Fsp3) is 0.176. The number of carbonyl (C=O) groups is 2. The molecule has 0 atom stereocenters. The highest BCUT2D eigenvalue weighted by atomic mass is 32.1. The fourth-order valence-corrected chi connectivity index (χ4v) is 2.90. The van der Waals surface area contributed by atoms with E-state index in [1.165, 1.54) is 19.5 Å². The Morgan fingerprint density at radius 1 is 1.11 bits per heavy atom. The Labute approximate surface area is 158 Å². The van der Waals surface area contributed by atoms with Crippen LogP contribution in [0.25, 0.3) is 11.1 Å². The number of nitrogens with zero attached hydrogens (tertiary/aromatic N) is 4. The summed E-state index contributed by atoms with van der Waals surface area (Å²) in [6.45, 7) is 1.82. The molecular formula is C17H16N6O3S. The maximum Gasteiger partial charge on any atom is 0.295 e. The van der Waals surface area contributed by atoms with Gasteiger partial charge in [0.05, 0.1) is 18.2 Å². The van der Waals surface area contributed by atoms with Gasteiger partial charge in [0, 0.05) is 36.9 Å². The smallest absolute Gasteiger partial charge is 0.295 e. The molecule has 0 saturated heterocycles. The summed E-state index contributed by atoms with van der Waals surface area (Å²) in [5.41, 5.74) is 2.68. The van der Waals surface area contributed by atoms with E-state index in [0.29, 0.717) is 32.6 Å². The summed E-state index contributed by atoms with van der Waals surface area (Å²) in [6, 6.07) is 3.44. The lowest BCUT2D eigenvalue weighted by Gasteiger charge is -2.10. The summed E-state index contributed by atoms with van der Waals surface area (Å²) in [5.74, 6) is -0.663. The molecule has 0 aliphatic heterocycles. The topological polar surface area (TPSA) is 119 Å². The monoisotopic (exact) mass is 384 g/mol. The third kappa shape index (κ3) is 4.06. The number of aromatic nitrogens is 4. The lowest BCUT2D eigenvalue weighted by molar-refractivity contribution is 0.0962. The van der Waals surface area contributed by atoms with Gasteiger partial charge < -0.3 is 10.1 Å². The van der Waals surface area contributed by atoms with Crippen LogP contribution in [0, 0.1) is 6.92 Å². The normalized spacial score (nSPS) is 10.3. The van der Waals surface area contributed by atoms with Crippen molar-refractivity contribution >= 4 is 28.3 Å². The first-order valence-electron chi connectivity index (χ1n) is 7.85. The fourth-order valence-electron chi connectivity index (χ4n) is 2.34. The van der Waals surface area contributed by atoms with Crippen molar-refractivity contribution in [3.05, 3.63) is 47.5 Å². The minimum Gasteiger partial charge on any atom is -0.472 e. The van der Waals surface area contributed by atoms with Crippen LogP contribution in [-0.4, -0.2) is 46.1 Å². The van der Waals surface area contributed by atoms with Crippen molar-refractivity contribution in [2.75, 3.05) is 19.5 Å². The minimum absolute atomic E-state index is 0.262. The van der Waals surface area contributed by atoms with Gasteiger partial charge in [0.1, 0.15) is 0 Å². The molecule has 3 rings (SSSR count). The van der Waals surface area contributed by atoms with E-state index < -0.39 is 5.91 Å². The van der Waals surface area contributed by atoms with E-state index in [-0.39, 0.29) is 5.91 Å². The van der Waals surface area contributed by atoms with Crippen LogP contribution >= 0.6 is 11.3 Å². The van der Waals surface area contributed by atoms with Crippen molar-refractivity contribution in [2.24, 2.45) is 0 Å². The van der Waals surface area contributed by atoms with E-state index in [4.69, 9.17) is 4.74 Å². The number of anilines is 1. The zero-order chi connectivity index (χ0) is 19.4. The highest BCUT2D eigenvalue weighted by molar-refractivity contribution is 7.17. The van der Waals surface area contributed by atoms with E-state index in [9.17, 15) is 9.59 Å². The second-order valence-electron chi connectivity index (χ2n) is 5.44. The van der Waals surface area contributed by atoms with Crippen molar-refractivity contribution in [1.29, 1.82) is 0 Å². The standard InChI is InChI=1S/C17H16N6O3S/c1-9-4-12(10-5-11(7-19-6-10)14(24)18-2)13(8-20-9)15(25)21-16-22-23-17(26-3)27-16/h4-8H,1-3H3,(H,18,24)(H,21,22,25). The minimum atomic E-state index is -0.401. The third-order valence-corrected chi connectivity index (χ3v) is 4.43. The molecule has 2 amide bonds. The van der Waals surface area contributed by atoms with Gasteiger partial charge in [-0.2, -0.15) is 0 Å².